The predicted molar refractivity (Wildman–Crippen MR) is 62.9 cm³/mol. The number of hydrogen-bond donors (Lipinski definition) is 1. The van der Waals surface area contributed by atoms with Crippen LogP contribution in [0.25, 0.3) is 0 Å². The van der Waals surface area contributed by atoms with Crippen LogP contribution in [0.4, 0.5) is 0 Å². The van der Waals surface area contributed by atoms with Gasteiger partial charge in [0, 0.05) is 32.4 Å². The van der Waals surface area contributed by atoms with Crippen LogP contribution in [0.5, 0.6) is 0 Å². The first-order valence-corrected chi connectivity index (χ1v) is 5.28. The zero-order chi connectivity index (χ0) is 12.2. The minimum absolute atomic E-state index is 0.0581. The van der Waals surface area contributed by atoms with Gasteiger partial charge in [0.05, 0.1) is 6.61 Å². The molecule has 0 radical (unpaired) electrons. The van der Waals surface area contributed by atoms with Crippen molar-refractivity contribution in [1.29, 1.82) is 5.26 Å². The zero-order valence-corrected chi connectivity index (χ0v) is 10.4. The number of hydrogen-bond acceptors (Lipinski definition) is 3. The van der Waals surface area contributed by atoms with E-state index in [-0.39, 0.29) is 5.54 Å². The molecule has 0 saturated heterocycles. The average molecular weight is 221 g/mol. The van der Waals surface area contributed by atoms with Crippen molar-refractivity contribution in [3.8, 4) is 6.07 Å². The second-order valence-corrected chi connectivity index (χ2v) is 4.63. The number of aromatic nitrogens is 1. The molecule has 4 nitrogen and oxygen atoms in total. The Morgan fingerprint density at radius 2 is 2.25 bits per heavy atom. The minimum Gasteiger partial charge on any atom is -0.383 e. The van der Waals surface area contributed by atoms with Crippen molar-refractivity contribution < 1.29 is 4.74 Å². The van der Waals surface area contributed by atoms with Crippen LogP contribution in [0.1, 0.15) is 25.1 Å². The van der Waals surface area contributed by atoms with Gasteiger partial charge in [-0.25, -0.2) is 0 Å². The fraction of sp³-hybridized carbons (Fsp3) is 0.583. The van der Waals surface area contributed by atoms with E-state index in [2.05, 4.69) is 25.2 Å². The van der Waals surface area contributed by atoms with E-state index in [0.717, 1.165) is 12.1 Å². The van der Waals surface area contributed by atoms with Crippen molar-refractivity contribution in [2.75, 3.05) is 13.7 Å². The number of nitriles is 1. The van der Waals surface area contributed by atoms with Crippen molar-refractivity contribution in [2.45, 2.75) is 25.9 Å². The SMILES string of the molecule is COCC(C)(C)NCc1cc(C#N)n(C)c1. The van der Waals surface area contributed by atoms with Gasteiger partial charge < -0.3 is 14.6 Å². The van der Waals surface area contributed by atoms with Gasteiger partial charge in [-0.15, -0.1) is 0 Å². The third-order valence-electron chi connectivity index (χ3n) is 2.45. The molecular weight excluding hydrogens is 202 g/mol. The number of methoxy groups -OCH3 is 1. The Kier molecular flexibility index (Phi) is 4.11. The summed E-state index contributed by atoms with van der Waals surface area (Å²) in [5.74, 6) is 0. The van der Waals surface area contributed by atoms with E-state index >= 15 is 0 Å². The number of ether oxygens (including phenoxy) is 1. The zero-order valence-electron chi connectivity index (χ0n) is 10.4. The highest BCUT2D eigenvalue weighted by molar-refractivity contribution is 5.28. The summed E-state index contributed by atoms with van der Waals surface area (Å²) in [4.78, 5) is 0. The molecule has 1 aromatic rings. The van der Waals surface area contributed by atoms with Crippen LogP contribution in [0.2, 0.25) is 0 Å². The van der Waals surface area contributed by atoms with Crippen LogP contribution in [0.3, 0.4) is 0 Å². The second-order valence-electron chi connectivity index (χ2n) is 4.63. The summed E-state index contributed by atoms with van der Waals surface area (Å²) in [5, 5.41) is 12.2. The maximum absolute atomic E-state index is 8.83. The van der Waals surface area contributed by atoms with Crippen molar-refractivity contribution in [2.24, 2.45) is 7.05 Å². The van der Waals surface area contributed by atoms with E-state index in [9.17, 15) is 0 Å². The van der Waals surface area contributed by atoms with E-state index in [1.807, 2.05) is 23.9 Å². The number of rotatable bonds is 5. The summed E-state index contributed by atoms with van der Waals surface area (Å²) in [7, 11) is 3.57. The lowest BCUT2D eigenvalue weighted by Gasteiger charge is -2.25. The molecule has 0 aliphatic carbocycles. The lowest BCUT2D eigenvalue weighted by atomic mass is 10.1. The Balaban J connectivity index is 2.58. The average Bonchev–Trinajstić information content (AvgIpc) is 2.56. The van der Waals surface area contributed by atoms with Crippen LogP contribution in [0.15, 0.2) is 12.3 Å². The van der Waals surface area contributed by atoms with E-state index in [4.69, 9.17) is 10.00 Å². The van der Waals surface area contributed by atoms with Crippen molar-refractivity contribution >= 4 is 0 Å². The highest BCUT2D eigenvalue weighted by atomic mass is 16.5. The van der Waals surface area contributed by atoms with E-state index < -0.39 is 0 Å². The molecule has 0 saturated carbocycles. The Morgan fingerprint density at radius 3 is 2.75 bits per heavy atom. The minimum atomic E-state index is -0.0581. The molecule has 16 heavy (non-hydrogen) atoms. The second kappa shape index (κ2) is 5.15. The van der Waals surface area contributed by atoms with Crippen molar-refractivity contribution in [3.05, 3.63) is 23.5 Å². The first kappa shape index (κ1) is 12.8. The summed E-state index contributed by atoms with van der Waals surface area (Å²) in [6.07, 6.45) is 1.97. The molecule has 88 valence electrons. The molecule has 1 aromatic heterocycles. The van der Waals surface area contributed by atoms with E-state index in [1.165, 1.54) is 0 Å². The topological polar surface area (TPSA) is 50.0 Å². The molecular formula is C12H19N3O. The first-order chi connectivity index (χ1) is 7.48. The standard InChI is InChI=1S/C12H19N3O/c1-12(2,9-16-4)14-7-10-5-11(6-13)15(3)8-10/h5,8,14H,7,9H2,1-4H3. The molecule has 0 bridgehead atoms. The van der Waals surface area contributed by atoms with Crippen molar-refractivity contribution in [1.82, 2.24) is 9.88 Å². The number of nitrogens with one attached hydrogen (secondary N) is 1. The molecule has 1 heterocycles. The van der Waals surface area contributed by atoms with Crippen LogP contribution in [-0.2, 0) is 18.3 Å². The normalized spacial score (nSPS) is 11.4. The number of aryl methyl sites for hydroxylation is 1. The van der Waals surface area contributed by atoms with Gasteiger partial charge in [-0.05, 0) is 25.5 Å². The summed E-state index contributed by atoms with van der Waals surface area (Å²) < 4.78 is 6.96. The molecule has 0 unspecified atom stereocenters. The molecule has 0 amide bonds. The third kappa shape index (κ3) is 3.37. The maximum Gasteiger partial charge on any atom is 0.120 e. The van der Waals surface area contributed by atoms with E-state index in [0.29, 0.717) is 12.3 Å². The Labute approximate surface area is 96.8 Å². The molecule has 1 rings (SSSR count). The van der Waals surface area contributed by atoms with Gasteiger partial charge in [0.2, 0.25) is 0 Å². The van der Waals surface area contributed by atoms with Crippen LogP contribution in [-0.4, -0.2) is 23.8 Å². The molecule has 0 spiro atoms. The Morgan fingerprint density at radius 1 is 1.56 bits per heavy atom. The van der Waals surface area contributed by atoms with Gasteiger partial charge in [-0.1, -0.05) is 0 Å². The monoisotopic (exact) mass is 221 g/mol. The summed E-state index contributed by atoms with van der Waals surface area (Å²) in [5.41, 5.74) is 1.74. The largest absolute Gasteiger partial charge is 0.383 e. The quantitative estimate of drug-likeness (QED) is 0.818. The smallest absolute Gasteiger partial charge is 0.120 e. The molecule has 4 heteroatoms. The van der Waals surface area contributed by atoms with Crippen LogP contribution in [0, 0.1) is 11.3 Å². The predicted octanol–water partition coefficient (Wildman–Crippen LogP) is 1.41. The maximum atomic E-state index is 8.83. The van der Waals surface area contributed by atoms with Crippen LogP contribution >= 0.6 is 0 Å². The van der Waals surface area contributed by atoms with Crippen LogP contribution < -0.4 is 5.32 Å². The van der Waals surface area contributed by atoms with Crippen molar-refractivity contribution in [3.63, 3.8) is 0 Å². The lowest BCUT2D eigenvalue weighted by Crippen LogP contribution is -2.42. The summed E-state index contributed by atoms with van der Waals surface area (Å²) in [6.45, 7) is 5.58. The molecule has 0 aromatic carbocycles. The van der Waals surface area contributed by atoms with E-state index in [1.54, 1.807) is 7.11 Å². The van der Waals surface area contributed by atoms with Gasteiger partial charge in [0.1, 0.15) is 11.8 Å². The lowest BCUT2D eigenvalue weighted by molar-refractivity contribution is 0.128. The molecule has 0 aliphatic rings. The van der Waals surface area contributed by atoms with Gasteiger partial charge in [0.15, 0.2) is 0 Å². The van der Waals surface area contributed by atoms with Gasteiger partial charge >= 0.3 is 0 Å². The van der Waals surface area contributed by atoms with Gasteiger partial charge in [0.25, 0.3) is 0 Å². The third-order valence-corrected chi connectivity index (χ3v) is 2.45. The summed E-state index contributed by atoms with van der Waals surface area (Å²) >= 11 is 0. The molecule has 1 N–H and O–H groups in total. The summed E-state index contributed by atoms with van der Waals surface area (Å²) in [6, 6.07) is 4.05. The first-order valence-electron chi connectivity index (χ1n) is 5.28. The fourth-order valence-electron chi connectivity index (χ4n) is 1.59. The highest BCUT2D eigenvalue weighted by Gasteiger charge is 2.16. The van der Waals surface area contributed by atoms with Gasteiger partial charge in [-0.2, -0.15) is 5.26 Å². The molecule has 0 fully saturated rings. The number of nitrogens with zero attached hydrogens (tertiary/aromatic N) is 2. The molecule has 0 aliphatic heterocycles. The fourth-order valence-corrected chi connectivity index (χ4v) is 1.59. The highest BCUT2D eigenvalue weighted by Crippen LogP contribution is 2.09. The van der Waals surface area contributed by atoms with Gasteiger partial charge in [-0.3, -0.25) is 0 Å². The Bertz CT molecular complexity index is 387. The molecule has 0 atom stereocenters. The Hall–Kier alpha value is -1.31.